The van der Waals surface area contributed by atoms with Gasteiger partial charge in [-0.15, -0.1) is 0 Å². The number of halogens is 3. The standard InChI is InChI=1S/C19H19BrClFN2O2/c1-26-18-5-2-13(10-17(18)22)12-23-6-8-24(9-7-23)19(25)15-11-14(20)3-4-16(15)21/h2-5,10-11H,6-9,12H2,1H3. The molecule has 0 spiro atoms. The van der Waals surface area contributed by atoms with Crippen molar-refractivity contribution in [2.75, 3.05) is 33.3 Å². The van der Waals surface area contributed by atoms with Gasteiger partial charge in [0.25, 0.3) is 5.91 Å². The average Bonchev–Trinajstić information content (AvgIpc) is 2.64. The zero-order valence-electron chi connectivity index (χ0n) is 14.3. The third kappa shape index (κ3) is 4.37. The summed E-state index contributed by atoms with van der Waals surface area (Å²) in [6.07, 6.45) is 0. The van der Waals surface area contributed by atoms with E-state index in [0.29, 0.717) is 30.2 Å². The minimum absolute atomic E-state index is 0.0635. The van der Waals surface area contributed by atoms with E-state index in [9.17, 15) is 9.18 Å². The Kier molecular flexibility index (Phi) is 6.16. The zero-order valence-corrected chi connectivity index (χ0v) is 16.7. The summed E-state index contributed by atoms with van der Waals surface area (Å²) < 4.78 is 19.6. The lowest BCUT2D eigenvalue weighted by Crippen LogP contribution is -2.48. The van der Waals surface area contributed by atoms with Gasteiger partial charge in [0.1, 0.15) is 0 Å². The van der Waals surface area contributed by atoms with Crippen LogP contribution in [0.4, 0.5) is 4.39 Å². The van der Waals surface area contributed by atoms with E-state index >= 15 is 0 Å². The van der Waals surface area contributed by atoms with Gasteiger partial charge in [0, 0.05) is 37.2 Å². The molecule has 26 heavy (non-hydrogen) atoms. The Balaban J connectivity index is 1.59. The predicted octanol–water partition coefficient (Wildman–Crippen LogP) is 4.21. The molecule has 0 saturated carbocycles. The fourth-order valence-electron chi connectivity index (χ4n) is 3.01. The zero-order chi connectivity index (χ0) is 18.7. The molecule has 7 heteroatoms. The van der Waals surface area contributed by atoms with Crippen LogP contribution in [0, 0.1) is 5.82 Å². The summed E-state index contributed by atoms with van der Waals surface area (Å²) in [6, 6.07) is 10.3. The number of rotatable bonds is 4. The summed E-state index contributed by atoms with van der Waals surface area (Å²) in [7, 11) is 1.45. The maximum atomic E-state index is 13.8. The van der Waals surface area contributed by atoms with Crippen LogP contribution in [0.3, 0.4) is 0 Å². The number of carbonyl (C=O) groups excluding carboxylic acids is 1. The minimum Gasteiger partial charge on any atom is -0.494 e. The van der Waals surface area contributed by atoms with Crippen molar-refractivity contribution in [2.24, 2.45) is 0 Å². The number of carbonyl (C=O) groups is 1. The molecule has 138 valence electrons. The van der Waals surface area contributed by atoms with Crippen LogP contribution in [-0.2, 0) is 6.54 Å². The van der Waals surface area contributed by atoms with Gasteiger partial charge in [0.2, 0.25) is 0 Å². The van der Waals surface area contributed by atoms with Gasteiger partial charge in [-0.3, -0.25) is 9.69 Å². The number of nitrogens with zero attached hydrogens (tertiary/aromatic N) is 2. The second kappa shape index (κ2) is 8.37. The third-order valence-corrected chi connectivity index (χ3v) is 5.26. The van der Waals surface area contributed by atoms with E-state index in [4.69, 9.17) is 16.3 Å². The number of hydrogen-bond donors (Lipinski definition) is 0. The number of hydrogen-bond acceptors (Lipinski definition) is 3. The highest BCUT2D eigenvalue weighted by atomic mass is 79.9. The van der Waals surface area contributed by atoms with Gasteiger partial charge in [-0.1, -0.05) is 33.6 Å². The van der Waals surface area contributed by atoms with E-state index in [1.807, 2.05) is 12.1 Å². The highest BCUT2D eigenvalue weighted by Crippen LogP contribution is 2.23. The van der Waals surface area contributed by atoms with Crippen LogP contribution in [0.1, 0.15) is 15.9 Å². The molecule has 0 atom stereocenters. The van der Waals surface area contributed by atoms with Crippen LogP contribution in [0.5, 0.6) is 5.75 Å². The highest BCUT2D eigenvalue weighted by molar-refractivity contribution is 9.10. The van der Waals surface area contributed by atoms with E-state index < -0.39 is 0 Å². The number of ether oxygens (including phenoxy) is 1. The Labute approximate surface area is 165 Å². The van der Waals surface area contributed by atoms with Gasteiger partial charge in [-0.2, -0.15) is 0 Å². The number of methoxy groups -OCH3 is 1. The normalized spacial score (nSPS) is 15.2. The highest BCUT2D eigenvalue weighted by Gasteiger charge is 2.24. The molecule has 0 radical (unpaired) electrons. The Hall–Kier alpha value is -1.63. The van der Waals surface area contributed by atoms with Crippen molar-refractivity contribution in [1.29, 1.82) is 0 Å². The van der Waals surface area contributed by atoms with E-state index in [1.54, 1.807) is 23.1 Å². The summed E-state index contributed by atoms with van der Waals surface area (Å²) >= 11 is 9.54. The lowest BCUT2D eigenvalue weighted by atomic mass is 10.1. The topological polar surface area (TPSA) is 32.8 Å². The molecular weight excluding hydrogens is 423 g/mol. The van der Waals surface area contributed by atoms with Gasteiger partial charge in [0.05, 0.1) is 17.7 Å². The molecule has 2 aromatic carbocycles. The van der Waals surface area contributed by atoms with Crippen LogP contribution >= 0.6 is 27.5 Å². The summed E-state index contributed by atoms with van der Waals surface area (Å²) in [5, 5.41) is 0.453. The van der Waals surface area contributed by atoms with Crippen molar-refractivity contribution in [1.82, 2.24) is 9.80 Å². The summed E-state index contributed by atoms with van der Waals surface area (Å²) in [5.41, 5.74) is 1.39. The fourth-order valence-corrected chi connectivity index (χ4v) is 3.57. The van der Waals surface area contributed by atoms with Crippen LogP contribution in [0.15, 0.2) is 40.9 Å². The molecule has 0 bridgehead atoms. The first kappa shape index (κ1) is 19.1. The van der Waals surface area contributed by atoms with Crippen molar-refractivity contribution in [3.63, 3.8) is 0 Å². The van der Waals surface area contributed by atoms with Gasteiger partial charge in [-0.25, -0.2) is 4.39 Å². The van der Waals surface area contributed by atoms with Gasteiger partial charge < -0.3 is 9.64 Å². The second-order valence-electron chi connectivity index (χ2n) is 6.16. The molecule has 1 amide bonds. The molecule has 0 aromatic heterocycles. The molecule has 1 aliphatic heterocycles. The maximum Gasteiger partial charge on any atom is 0.255 e. The van der Waals surface area contributed by atoms with Gasteiger partial charge >= 0.3 is 0 Å². The van der Waals surface area contributed by atoms with Gasteiger partial charge in [-0.05, 0) is 35.9 Å². The molecule has 2 aromatic rings. The molecule has 1 heterocycles. The molecule has 3 rings (SSSR count). The SMILES string of the molecule is COc1ccc(CN2CCN(C(=O)c3cc(Br)ccc3Cl)CC2)cc1F. The van der Waals surface area contributed by atoms with Crippen molar-refractivity contribution >= 4 is 33.4 Å². The minimum atomic E-state index is -0.358. The molecular formula is C19H19BrClFN2O2. The van der Waals surface area contributed by atoms with Crippen molar-refractivity contribution in [3.05, 3.63) is 62.8 Å². The van der Waals surface area contributed by atoms with Crippen molar-refractivity contribution in [3.8, 4) is 5.75 Å². The fraction of sp³-hybridized carbons (Fsp3) is 0.316. The number of benzene rings is 2. The molecule has 1 aliphatic rings. The first-order valence-electron chi connectivity index (χ1n) is 8.27. The van der Waals surface area contributed by atoms with E-state index in [-0.39, 0.29) is 17.5 Å². The summed E-state index contributed by atoms with van der Waals surface area (Å²) in [5.74, 6) is -0.176. The molecule has 0 aliphatic carbocycles. The summed E-state index contributed by atoms with van der Waals surface area (Å²) in [6.45, 7) is 3.32. The quantitative estimate of drug-likeness (QED) is 0.713. The summed E-state index contributed by atoms with van der Waals surface area (Å²) in [4.78, 5) is 16.7. The second-order valence-corrected chi connectivity index (χ2v) is 7.48. The lowest BCUT2D eigenvalue weighted by Gasteiger charge is -2.35. The number of piperazine rings is 1. The van der Waals surface area contributed by atoms with Crippen LogP contribution in [-0.4, -0.2) is 49.0 Å². The lowest BCUT2D eigenvalue weighted by molar-refractivity contribution is 0.0628. The molecule has 1 saturated heterocycles. The van der Waals surface area contributed by atoms with Crippen molar-refractivity contribution < 1.29 is 13.9 Å². The van der Waals surface area contributed by atoms with Crippen LogP contribution in [0.25, 0.3) is 0 Å². The van der Waals surface area contributed by atoms with Crippen LogP contribution < -0.4 is 4.74 Å². The largest absolute Gasteiger partial charge is 0.494 e. The Bertz CT molecular complexity index is 810. The first-order valence-corrected chi connectivity index (χ1v) is 9.44. The Morgan fingerprint density at radius 3 is 2.58 bits per heavy atom. The maximum absolute atomic E-state index is 13.8. The molecule has 1 fully saturated rings. The number of amides is 1. The van der Waals surface area contributed by atoms with Crippen molar-refractivity contribution in [2.45, 2.75) is 6.54 Å². The molecule has 4 nitrogen and oxygen atoms in total. The third-order valence-electron chi connectivity index (χ3n) is 4.44. The van der Waals surface area contributed by atoms with E-state index in [2.05, 4.69) is 20.8 Å². The van der Waals surface area contributed by atoms with Crippen LogP contribution in [0.2, 0.25) is 5.02 Å². The monoisotopic (exact) mass is 440 g/mol. The molecule has 0 unspecified atom stereocenters. The van der Waals surface area contributed by atoms with E-state index in [0.717, 1.165) is 23.1 Å². The Morgan fingerprint density at radius 2 is 1.92 bits per heavy atom. The molecule has 0 N–H and O–H groups in total. The van der Waals surface area contributed by atoms with E-state index in [1.165, 1.54) is 13.2 Å². The van der Waals surface area contributed by atoms with Gasteiger partial charge in [0.15, 0.2) is 11.6 Å². The predicted molar refractivity (Wildman–Crippen MR) is 103 cm³/mol. The average molecular weight is 442 g/mol. The first-order chi connectivity index (χ1) is 12.5. The Morgan fingerprint density at radius 1 is 1.19 bits per heavy atom. The smallest absolute Gasteiger partial charge is 0.255 e.